The van der Waals surface area contributed by atoms with Crippen LogP contribution >= 0.6 is 11.6 Å². The molecule has 0 fully saturated rings. The highest BCUT2D eigenvalue weighted by Crippen LogP contribution is 2.26. The molecule has 0 aliphatic rings. The Morgan fingerprint density at radius 2 is 1.90 bits per heavy atom. The molecule has 0 unspecified atom stereocenters. The Morgan fingerprint density at radius 1 is 1.24 bits per heavy atom. The molecular formula is C14H16ClN3O2S. The van der Waals surface area contributed by atoms with E-state index in [0.29, 0.717) is 11.6 Å². The van der Waals surface area contributed by atoms with Gasteiger partial charge in [0.05, 0.1) is 5.69 Å². The van der Waals surface area contributed by atoms with E-state index in [-0.39, 0.29) is 17.1 Å². The minimum Gasteiger partial charge on any atom is -0.398 e. The maximum Gasteiger partial charge on any atom is 0.245 e. The van der Waals surface area contributed by atoms with E-state index in [0.717, 1.165) is 5.56 Å². The van der Waals surface area contributed by atoms with Gasteiger partial charge in [-0.1, -0.05) is 18.5 Å². The van der Waals surface area contributed by atoms with Crippen LogP contribution < -0.4 is 5.73 Å². The first-order valence-corrected chi connectivity index (χ1v) is 8.21. The Balaban J connectivity index is 2.36. The summed E-state index contributed by atoms with van der Waals surface area (Å²) in [4.78, 5) is 3.99. The lowest BCUT2D eigenvalue weighted by Crippen LogP contribution is -2.31. The van der Waals surface area contributed by atoms with Crippen LogP contribution in [0.4, 0.5) is 5.69 Å². The van der Waals surface area contributed by atoms with Crippen molar-refractivity contribution in [2.24, 2.45) is 0 Å². The fourth-order valence-electron chi connectivity index (χ4n) is 1.95. The molecule has 2 rings (SSSR count). The van der Waals surface area contributed by atoms with Gasteiger partial charge in [0.1, 0.15) is 4.90 Å². The third-order valence-electron chi connectivity index (χ3n) is 3.05. The first-order chi connectivity index (χ1) is 9.95. The van der Waals surface area contributed by atoms with E-state index in [1.807, 2.05) is 0 Å². The maximum absolute atomic E-state index is 12.7. The second-order valence-corrected chi connectivity index (χ2v) is 6.81. The summed E-state index contributed by atoms with van der Waals surface area (Å²) >= 11 is 5.81. The predicted octanol–water partition coefficient (Wildman–Crippen LogP) is 2.53. The topological polar surface area (TPSA) is 76.3 Å². The molecule has 1 heterocycles. The standard InChI is InChI=1S/C14H16ClN3O2S/c1-2-18(10-11-5-7-17-8-6-11)21(19,20)14-4-3-12(15)9-13(14)16/h3-9H,2,10,16H2,1H3. The predicted molar refractivity (Wildman–Crippen MR) is 83.4 cm³/mol. The third kappa shape index (κ3) is 3.53. The van der Waals surface area contributed by atoms with Crippen molar-refractivity contribution in [1.29, 1.82) is 0 Å². The molecule has 1 aromatic heterocycles. The molecule has 0 spiro atoms. The average molecular weight is 326 g/mol. The van der Waals surface area contributed by atoms with Gasteiger partial charge >= 0.3 is 0 Å². The molecule has 0 amide bonds. The smallest absolute Gasteiger partial charge is 0.245 e. The molecule has 0 radical (unpaired) electrons. The molecule has 0 saturated carbocycles. The molecule has 2 aromatic rings. The largest absolute Gasteiger partial charge is 0.398 e. The summed E-state index contributed by atoms with van der Waals surface area (Å²) in [6, 6.07) is 7.95. The number of sulfonamides is 1. The highest BCUT2D eigenvalue weighted by Gasteiger charge is 2.25. The van der Waals surface area contributed by atoms with Gasteiger partial charge in [-0.25, -0.2) is 8.42 Å². The molecule has 112 valence electrons. The van der Waals surface area contributed by atoms with Crippen molar-refractivity contribution in [3.63, 3.8) is 0 Å². The quantitative estimate of drug-likeness (QED) is 0.857. The maximum atomic E-state index is 12.7. The zero-order chi connectivity index (χ0) is 15.5. The first kappa shape index (κ1) is 15.8. The molecule has 7 heteroatoms. The number of anilines is 1. The Labute approximate surface area is 129 Å². The van der Waals surface area contributed by atoms with E-state index in [2.05, 4.69) is 4.98 Å². The summed E-state index contributed by atoms with van der Waals surface area (Å²) in [5.74, 6) is 0. The van der Waals surface area contributed by atoms with Gasteiger partial charge in [0.25, 0.3) is 0 Å². The second-order valence-electron chi connectivity index (χ2n) is 4.47. The van der Waals surface area contributed by atoms with Crippen LogP contribution in [0.5, 0.6) is 0 Å². The lowest BCUT2D eigenvalue weighted by molar-refractivity contribution is 0.423. The highest BCUT2D eigenvalue weighted by molar-refractivity contribution is 7.89. The Hall–Kier alpha value is -1.63. The summed E-state index contributed by atoms with van der Waals surface area (Å²) in [6.45, 7) is 2.39. The zero-order valence-electron chi connectivity index (χ0n) is 11.5. The molecule has 5 nitrogen and oxygen atoms in total. The van der Waals surface area contributed by atoms with Crippen LogP contribution in [-0.2, 0) is 16.6 Å². The van der Waals surface area contributed by atoms with E-state index < -0.39 is 10.0 Å². The van der Waals surface area contributed by atoms with E-state index in [9.17, 15) is 8.42 Å². The summed E-state index contributed by atoms with van der Waals surface area (Å²) in [7, 11) is -3.67. The summed E-state index contributed by atoms with van der Waals surface area (Å²) < 4.78 is 26.7. The molecule has 21 heavy (non-hydrogen) atoms. The van der Waals surface area contributed by atoms with Crippen LogP contribution in [0.1, 0.15) is 12.5 Å². The van der Waals surface area contributed by atoms with E-state index in [1.54, 1.807) is 31.5 Å². The van der Waals surface area contributed by atoms with Crippen molar-refractivity contribution in [3.8, 4) is 0 Å². The van der Waals surface area contributed by atoms with Gasteiger partial charge in [0.15, 0.2) is 0 Å². The first-order valence-electron chi connectivity index (χ1n) is 6.39. The number of aromatic nitrogens is 1. The summed E-state index contributed by atoms with van der Waals surface area (Å²) in [5.41, 5.74) is 6.81. The molecule has 0 aliphatic carbocycles. The van der Waals surface area contributed by atoms with Gasteiger partial charge in [-0.05, 0) is 35.9 Å². The van der Waals surface area contributed by atoms with Gasteiger partial charge in [0, 0.05) is 30.5 Å². The van der Waals surface area contributed by atoms with Crippen LogP contribution in [0.3, 0.4) is 0 Å². The van der Waals surface area contributed by atoms with Crippen molar-refractivity contribution < 1.29 is 8.42 Å². The third-order valence-corrected chi connectivity index (χ3v) is 5.28. The number of nitrogen functional groups attached to an aromatic ring is 1. The fraction of sp³-hybridized carbons (Fsp3) is 0.214. The lowest BCUT2D eigenvalue weighted by atomic mass is 10.3. The van der Waals surface area contributed by atoms with Crippen LogP contribution in [-0.4, -0.2) is 24.3 Å². The average Bonchev–Trinajstić information content (AvgIpc) is 2.45. The van der Waals surface area contributed by atoms with Crippen LogP contribution in [0.25, 0.3) is 0 Å². The summed E-state index contributed by atoms with van der Waals surface area (Å²) in [5, 5.41) is 0.406. The van der Waals surface area contributed by atoms with E-state index in [4.69, 9.17) is 17.3 Å². The Morgan fingerprint density at radius 3 is 2.48 bits per heavy atom. The zero-order valence-corrected chi connectivity index (χ0v) is 13.1. The normalized spacial score (nSPS) is 11.8. The van der Waals surface area contributed by atoms with E-state index in [1.165, 1.54) is 22.5 Å². The fourth-order valence-corrected chi connectivity index (χ4v) is 3.67. The molecule has 0 atom stereocenters. The second kappa shape index (κ2) is 6.43. The van der Waals surface area contributed by atoms with Gasteiger partial charge < -0.3 is 5.73 Å². The molecular weight excluding hydrogens is 310 g/mol. The number of hydrogen-bond acceptors (Lipinski definition) is 4. The molecule has 2 N–H and O–H groups in total. The minimum absolute atomic E-state index is 0.0720. The number of halogens is 1. The van der Waals surface area contributed by atoms with Gasteiger partial charge in [-0.15, -0.1) is 0 Å². The Kier molecular flexibility index (Phi) is 4.82. The Bertz CT molecular complexity index is 720. The minimum atomic E-state index is -3.67. The SMILES string of the molecule is CCN(Cc1ccncc1)S(=O)(=O)c1ccc(Cl)cc1N. The molecule has 1 aromatic carbocycles. The number of nitrogens with two attached hydrogens (primary N) is 1. The van der Waals surface area contributed by atoms with Crippen molar-refractivity contribution in [2.75, 3.05) is 12.3 Å². The monoisotopic (exact) mass is 325 g/mol. The number of hydrogen-bond donors (Lipinski definition) is 1. The van der Waals surface area contributed by atoms with E-state index >= 15 is 0 Å². The van der Waals surface area contributed by atoms with Gasteiger partial charge in [-0.2, -0.15) is 4.31 Å². The van der Waals surface area contributed by atoms with Gasteiger partial charge in [0.2, 0.25) is 10.0 Å². The van der Waals surface area contributed by atoms with Gasteiger partial charge in [-0.3, -0.25) is 4.98 Å². The lowest BCUT2D eigenvalue weighted by Gasteiger charge is -2.21. The molecule has 0 aliphatic heterocycles. The summed E-state index contributed by atoms with van der Waals surface area (Å²) in [6.07, 6.45) is 3.26. The number of benzene rings is 1. The van der Waals surface area contributed by atoms with Crippen molar-refractivity contribution in [2.45, 2.75) is 18.4 Å². The van der Waals surface area contributed by atoms with Crippen LogP contribution in [0, 0.1) is 0 Å². The van der Waals surface area contributed by atoms with Crippen LogP contribution in [0.2, 0.25) is 5.02 Å². The highest BCUT2D eigenvalue weighted by atomic mass is 35.5. The molecule has 0 saturated heterocycles. The van der Waals surface area contributed by atoms with Crippen molar-refractivity contribution in [1.82, 2.24) is 9.29 Å². The van der Waals surface area contributed by atoms with Crippen molar-refractivity contribution in [3.05, 3.63) is 53.3 Å². The van der Waals surface area contributed by atoms with Crippen LogP contribution in [0.15, 0.2) is 47.6 Å². The molecule has 0 bridgehead atoms. The number of nitrogens with zero attached hydrogens (tertiary/aromatic N) is 2. The number of rotatable bonds is 5. The van der Waals surface area contributed by atoms with Crippen molar-refractivity contribution >= 4 is 27.3 Å². The number of pyridine rings is 1.